The van der Waals surface area contributed by atoms with E-state index in [4.69, 9.17) is 16.3 Å². The SMILES string of the molecule is O=S(=O)(NCCOc1ccc(-c2ccccc2)nn1)c1ccc(Cl)s1. The minimum Gasteiger partial charge on any atom is -0.475 e. The number of hydrogen-bond donors (Lipinski definition) is 1. The van der Waals surface area contributed by atoms with Crippen molar-refractivity contribution in [2.24, 2.45) is 0 Å². The number of benzene rings is 1. The smallest absolute Gasteiger partial charge is 0.250 e. The fourth-order valence-electron chi connectivity index (χ4n) is 2.00. The Bertz CT molecular complexity index is 929. The number of halogens is 1. The Hall–Kier alpha value is -2.00. The van der Waals surface area contributed by atoms with Gasteiger partial charge in [0.25, 0.3) is 0 Å². The van der Waals surface area contributed by atoms with E-state index in [9.17, 15) is 8.42 Å². The van der Waals surface area contributed by atoms with Crippen LogP contribution in [-0.4, -0.2) is 31.8 Å². The standard InChI is InChI=1S/C16H14ClN3O3S2/c17-14-7-9-16(24-14)25(21,22)18-10-11-23-15-8-6-13(19-20-15)12-4-2-1-3-5-12/h1-9,18H,10-11H2. The maximum absolute atomic E-state index is 12.0. The van der Waals surface area contributed by atoms with Crippen molar-refractivity contribution < 1.29 is 13.2 Å². The van der Waals surface area contributed by atoms with Gasteiger partial charge in [-0.3, -0.25) is 0 Å². The van der Waals surface area contributed by atoms with Gasteiger partial charge in [0.2, 0.25) is 15.9 Å². The molecule has 0 spiro atoms. The zero-order chi connectivity index (χ0) is 17.7. The summed E-state index contributed by atoms with van der Waals surface area (Å²) in [6.45, 7) is 0.248. The van der Waals surface area contributed by atoms with Crippen LogP contribution in [0.1, 0.15) is 0 Å². The third-order valence-electron chi connectivity index (χ3n) is 3.17. The first-order valence-corrected chi connectivity index (χ1v) is 9.99. The molecule has 0 radical (unpaired) electrons. The molecule has 1 aromatic carbocycles. The molecule has 2 heterocycles. The van der Waals surface area contributed by atoms with Crippen molar-refractivity contribution in [3.63, 3.8) is 0 Å². The molecule has 3 rings (SSSR count). The van der Waals surface area contributed by atoms with E-state index in [2.05, 4.69) is 14.9 Å². The molecule has 2 aromatic heterocycles. The number of ether oxygens (including phenoxy) is 1. The fourth-order valence-corrected chi connectivity index (χ4v) is 4.55. The zero-order valence-corrected chi connectivity index (χ0v) is 15.3. The van der Waals surface area contributed by atoms with E-state index in [0.717, 1.165) is 22.6 Å². The number of nitrogens with zero attached hydrogens (tertiary/aromatic N) is 2. The number of thiophene rings is 1. The Kier molecular flexibility index (Phi) is 5.64. The molecule has 0 amide bonds. The number of rotatable bonds is 7. The summed E-state index contributed by atoms with van der Waals surface area (Å²) in [5.41, 5.74) is 1.70. The molecule has 130 valence electrons. The van der Waals surface area contributed by atoms with Crippen molar-refractivity contribution in [1.29, 1.82) is 0 Å². The molecule has 0 saturated heterocycles. The Morgan fingerprint density at radius 1 is 1.04 bits per heavy atom. The summed E-state index contributed by atoms with van der Waals surface area (Å²) in [6.07, 6.45) is 0. The molecule has 3 aromatic rings. The quantitative estimate of drug-likeness (QED) is 0.621. The van der Waals surface area contributed by atoms with Gasteiger partial charge in [-0.15, -0.1) is 21.5 Å². The first-order valence-electron chi connectivity index (χ1n) is 7.31. The molecule has 0 saturated carbocycles. The van der Waals surface area contributed by atoms with Gasteiger partial charge < -0.3 is 4.74 Å². The second kappa shape index (κ2) is 7.92. The van der Waals surface area contributed by atoms with Gasteiger partial charge in [0, 0.05) is 18.2 Å². The molecular weight excluding hydrogens is 382 g/mol. The van der Waals surface area contributed by atoms with E-state index in [1.54, 1.807) is 18.2 Å². The van der Waals surface area contributed by atoms with E-state index < -0.39 is 10.0 Å². The van der Waals surface area contributed by atoms with Crippen LogP contribution < -0.4 is 9.46 Å². The largest absolute Gasteiger partial charge is 0.475 e. The Morgan fingerprint density at radius 2 is 1.84 bits per heavy atom. The summed E-state index contributed by atoms with van der Waals surface area (Å²) >= 11 is 6.75. The minimum absolute atomic E-state index is 0.111. The van der Waals surface area contributed by atoms with Crippen molar-refractivity contribution >= 4 is 33.0 Å². The van der Waals surface area contributed by atoms with Gasteiger partial charge in [0.05, 0.1) is 10.0 Å². The van der Waals surface area contributed by atoms with Crippen LogP contribution in [0.15, 0.2) is 58.8 Å². The summed E-state index contributed by atoms with van der Waals surface area (Å²) in [5, 5.41) is 8.09. The maximum atomic E-state index is 12.0. The van der Waals surface area contributed by atoms with Crippen molar-refractivity contribution in [3.05, 3.63) is 58.9 Å². The second-order valence-electron chi connectivity index (χ2n) is 4.93. The van der Waals surface area contributed by atoms with Crippen LogP contribution >= 0.6 is 22.9 Å². The topological polar surface area (TPSA) is 81.2 Å². The molecule has 0 aliphatic carbocycles. The van der Waals surface area contributed by atoms with Crippen molar-refractivity contribution in [2.75, 3.05) is 13.2 Å². The minimum atomic E-state index is -3.57. The van der Waals surface area contributed by atoms with Gasteiger partial charge >= 0.3 is 0 Å². The van der Waals surface area contributed by atoms with E-state index >= 15 is 0 Å². The molecule has 0 fully saturated rings. The fraction of sp³-hybridized carbons (Fsp3) is 0.125. The van der Waals surface area contributed by atoms with Crippen LogP contribution in [0.4, 0.5) is 0 Å². The summed E-state index contributed by atoms with van der Waals surface area (Å²) in [4.78, 5) is 0. The molecular formula is C16H14ClN3O3S2. The lowest BCUT2D eigenvalue weighted by atomic mass is 10.1. The Morgan fingerprint density at radius 3 is 2.48 bits per heavy atom. The Balaban J connectivity index is 1.51. The van der Waals surface area contributed by atoms with Crippen LogP contribution in [0.25, 0.3) is 11.3 Å². The van der Waals surface area contributed by atoms with Crippen LogP contribution in [0, 0.1) is 0 Å². The highest BCUT2D eigenvalue weighted by Gasteiger charge is 2.15. The van der Waals surface area contributed by atoms with Crippen LogP contribution in [0.2, 0.25) is 4.34 Å². The number of sulfonamides is 1. The molecule has 0 atom stereocenters. The lowest BCUT2D eigenvalue weighted by Gasteiger charge is -2.07. The van der Waals surface area contributed by atoms with Crippen LogP contribution in [0.3, 0.4) is 0 Å². The summed E-state index contributed by atoms with van der Waals surface area (Å²) in [6, 6.07) is 16.2. The highest BCUT2D eigenvalue weighted by atomic mass is 35.5. The Labute approximate surface area is 154 Å². The van der Waals surface area contributed by atoms with Gasteiger partial charge in [0.15, 0.2) is 0 Å². The maximum Gasteiger partial charge on any atom is 0.250 e. The zero-order valence-electron chi connectivity index (χ0n) is 12.9. The average molecular weight is 396 g/mol. The van der Waals surface area contributed by atoms with Crippen molar-refractivity contribution in [1.82, 2.24) is 14.9 Å². The lowest BCUT2D eigenvalue weighted by molar-refractivity contribution is 0.307. The molecule has 1 N–H and O–H groups in total. The number of hydrogen-bond acceptors (Lipinski definition) is 6. The molecule has 9 heteroatoms. The molecule has 25 heavy (non-hydrogen) atoms. The monoisotopic (exact) mass is 395 g/mol. The normalized spacial score (nSPS) is 11.4. The molecule has 6 nitrogen and oxygen atoms in total. The molecule has 0 aliphatic heterocycles. The van der Waals surface area contributed by atoms with Gasteiger partial charge in [-0.25, -0.2) is 13.1 Å². The van der Waals surface area contributed by atoms with Gasteiger partial charge in [-0.1, -0.05) is 41.9 Å². The van der Waals surface area contributed by atoms with E-state index in [-0.39, 0.29) is 17.4 Å². The molecule has 0 bridgehead atoms. The summed E-state index contributed by atoms with van der Waals surface area (Å²) in [7, 11) is -3.57. The first-order chi connectivity index (χ1) is 12.0. The van der Waals surface area contributed by atoms with E-state index in [1.807, 2.05) is 30.3 Å². The van der Waals surface area contributed by atoms with Gasteiger partial charge in [-0.2, -0.15) is 0 Å². The predicted octanol–water partition coefficient (Wildman–Crippen LogP) is 3.22. The average Bonchev–Trinajstić information content (AvgIpc) is 3.07. The lowest BCUT2D eigenvalue weighted by Crippen LogP contribution is -2.27. The number of nitrogens with one attached hydrogen (secondary N) is 1. The first kappa shape index (κ1) is 17.8. The highest BCUT2D eigenvalue weighted by Crippen LogP contribution is 2.25. The summed E-state index contributed by atoms with van der Waals surface area (Å²) < 4.78 is 32.5. The number of aromatic nitrogens is 2. The van der Waals surface area contributed by atoms with E-state index in [0.29, 0.717) is 10.2 Å². The van der Waals surface area contributed by atoms with E-state index in [1.165, 1.54) is 6.07 Å². The summed E-state index contributed by atoms with van der Waals surface area (Å²) in [5.74, 6) is 0.332. The van der Waals surface area contributed by atoms with Gasteiger partial charge in [-0.05, 0) is 18.2 Å². The third kappa shape index (κ3) is 4.76. The second-order valence-corrected chi connectivity index (χ2v) is 8.64. The molecule has 0 unspecified atom stereocenters. The van der Waals surface area contributed by atoms with Crippen LogP contribution in [-0.2, 0) is 10.0 Å². The third-order valence-corrected chi connectivity index (χ3v) is 6.35. The predicted molar refractivity (Wildman–Crippen MR) is 97.5 cm³/mol. The molecule has 0 aliphatic rings. The van der Waals surface area contributed by atoms with Gasteiger partial charge in [0.1, 0.15) is 10.8 Å². The van der Waals surface area contributed by atoms with Crippen LogP contribution in [0.5, 0.6) is 5.88 Å². The van der Waals surface area contributed by atoms with Crippen molar-refractivity contribution in [3.8, 4) is 17.1 Å². The van der Waals surface area contributed by atoms with Crippen molar-refractivity contribution in [2.45, 2.75) is 4.21 Å². The highest BCUT2D eigenvalue weighted by molar-refractivity contribution is 7.91.